The van der Waals surface area contributed by atoms with Gasteiger partial charge >= 0.3 is 5.97 Å². The van der Waals surface area contributed by atoms with E-state index in [0.717, 1.165) is 0 Å². The Morgan fingerprint density at radius 2 is 1.54 bits per heavy atom. The molecule has 4 nitrogen and oxygen atoms in total. The zero-order chi connectivity index (χ0) is 10.4. The van der Waals surface area contributed by atoms with E-state index >= 15 is 0 Å². The van der Waals surface area contributed by atoms with Crippen LogP contribution in [0.3, 0.4) is 0 Å². The molecular formula is C9H14O4. The number of rotatable bonds is 5. The van der Waals surface area contributed by atoms with Crippen molar-refractivity contribution in [3.63, 3.8) is 0 Å². The fraction of sp³-hybridized carbons (Fsp3) is 0.667. The molecule has 0 N–H and O–H groups in total. The van der Waals surface area contributed by atoms with Crippen molar-refractivity contribution in [3.05, 3.63) is 0 Å². The Kier molecular flexibility index (Phi) is 4.96. The Bertz CT molecular complexity index is 186. The van der Waals surface area contributed by atoms with Gasteiger partial charge in [0, 0.05) is 18.8 Å². The average molecular weight is 186 g/mol. The molecule has 0 aliphatic heterocycles. The van der Waals surface area contributed by atoms with Crippen LogP contribution in [-0.4, -0.2) is 24.6 Å². The van der Waals surface area contributed by atoms with Crippen molar-refractivity contribution in [3.8, 4) is 0 Å². The summed E-state index contributed by atoms with van der Waals surface area (Å²) in [4.78, 5) is 31.5. The van der Waals surface area contributed by atoms with Crippen molar-refractivity contribution in [1.29, 1.82) is 0 Å². The normalized spacial score (nSPS) is 16.8. The molecule has 0 amide bonds. The van der Waals surface area contributed by atoms with Crippen molar-refractivity contribution in [2.24, 2.45) is 11.8 Å². The average Bonchev–Trinajstić information content (AvgIpc) is 2.11. The topological polar surface area (TPSA) is 60.4 Å². The Balaban J connectivity index is 4.43. The molecule has 0 spiro atoms. The summed E-state index contributed by atoms with van der Waals surface area (Å²) in [6.07, 6.45) is 0.703. The lowest BCUT2D eigenvalue weighted by Crippen LogP contribution is -2.32. The first-order valence-electron chi connectivity index (χ1n) is 4.10. The summed E-state index contributed by atoms with van der Waals surface area (Å²) >= 11 is 0. The van der Waals surface area contributed by atoms with Crippen LogP contribution in [0.4, 0.5) is 0 Å². The highest BCUT2D eigenvalue weighted by Crippen LogP contribution is 2.14. The van der Waals surface area contributed by atoms with E-state index in [0.29, 0.717) is 12.6 Å². The van der Waals surface area contributed by atoms with Crippen LogP contribution in [-0.2, 0) is 19.1 Å². The van der Waals surface area contributed by atoms with Crippen LogP contribution in [0, 0.1) is 11.8 Å². The molecule has 0 aliphatic rings. The summed E-state index contributed by atoms with van der Waals surface area (Å²) in [5.74, 6) is -1.39. The lowest BCUT2D eigenvalue weighted by Gasteiger charge is -2.22. The second-order valence-electron chi connectivity index (χ2n) is 3.06. The molecule has 0 aliphatic carbocycles. The van der Waals surface area contributed by atoms with Crippen LogP contribution in [0.1, 0.15) is 20.8 Å². The van der Waals surface area contributed by atoms with E-state index in [4.69, 9.17) is 4.74 Å². The monoisotopic (exact) mass is 186 g/mol. The molecule has 13 heavy (non-hydrogen) atoms. The first kappa shape index (κ1) is 11.8. The predicted octanol–water partition coefficient (Wildman–Crippen LogP) is 0.588. The van der Waals surface area contributed by atoms with E-state index in [1.54, 1.807) is 13.8 Å². The largest absolute Gasteiger partial charge is 0.461 e. The molecule has 0 aromatic rings. The summed E-state index contributed by atoms with van der Waals surface area (Å²) in [5, 5.41) is 0. The number of ether oxygens (including phenoxy) is 1. The maximum absolute atomic E-state index is 10.6. The molecule has 2 unspecified atom stereocenters. The van der Waals surface area contributed by atoms with Crippen molar-refractivity contribution in [2.45, 2.75) is 26.9 Å². The molecular weight excluding hydrogens is 172 g/mol. The van der Waals surface area contributed by atoms with Crippen LogP contribution >= 0.6 is 0 Å². The van der Waals surface area contributed by atoms with Gasteiger partial charge in [-0.1, -0.05) is 13.8 Å². The third kappa shape index (κ3) is 3.83. The van der Waals surface area contributed by atoms with Crippen molar-refractivity contribution < 1.29 is 19.1 Å². The quantitative estimate of drug-likeness (QED) is 0.465. The smallest absolute Gasteiger partial charge is 0.302 e. The van der Waals surface area contributed by atoms with Gasteiger partial charge in [0.25, 0.3) is 0 Å². The van der Waals surface area contributed by atoms with Crippen LogP contribution in [0.2, 0.25) is 0 Å². The standard InChI is InChI=1S/C9H14O4/c1-6(4-10)9(7(2)5-11)13-8(3)12/h4-7,9H,1-3H3. The Morgan fingerprint density at radius 3 is 1.77 bits per heavy atom. The Morgan fingerprint density at radius 1 is 1.15 bits per heavy atom. The summed E-state index contributed by atoms with van der Waals surface area (Å²) in [6.45, 7) is 4.48. The van der Waals surface area contributed by atoms with E-state index in [1.807, 2.05) is 0 Å². The number of hydrogen-bond acceptors (Lipinski definition) is 4. The summed E-state index contributed by atoms with van der Waals surface area (Å²) in [6, 6.07) is 0. The molecule has 0 rings (SSSR count). The van der Waals surface area contributed by atoms with Gasteiger partial charge in [0.2, 0.25) is 0 Å². The van der Waals surface area contributed by atoms with Gasteiger partial charge in [-0.2, -0.15) is 0 Å². The van der Waals surface area contributed by atoms with Crippen molar-refractivity contribution in [2.75, 3.05) is 0 Å². The maximum Gasteiger partial charge on any atom is 0.302 e. The molecule has 0 saturated heterocycles. The second kappa shape index (κ2) is 5.45. The van der Waals surface area contributed by atoms with E-state index in [2.05, 4.69) is 0 Å². The first-order valence-corrected chi connectivity index (χ1v) is 4.10. The number of carbonyl (C=O) groups is 3. The summed E-state index contributed by atoms with van der Waals surface area (Å²) in [7, 11) is 0. The lowest BCUT2D eigenvalue weighted by atomic mass is 9.95. The summed E-state index contributed by atoms with van der Waals surface area (Å²) in [5.41, 5.74) is 0. The van der Waals surface area contributed by atoms with Crippen LogP contribution in [0.25, 0.3) is 0 Å². The number of aldehydes is 2. The zero-order valence-electron chi connectivity index (χ0n) is 8.02. The SMILES string of the molecule is CC(=O)OC(C(C)C=O)C(C)C=O. The highest BCUT2D eigenvalue weighted by Gasteiger charge is 2.25. The van der Waals surface area contributed by atoms with Gasteiger partial charge in [0.05, 0.1) is 0 Å². The maximum atomic E-state index is 10.6. The van der Waals surface area contributed by atoms with Crippen LogP contribution in [0.5, 0.6) is 0 Å². The number of esters is 1. The molecule has 4 heteroatoms. The summed E-state index contributed by atoms with van der Waals surface area (Å²) < 4.78 is 4.85. The number of hydrogen-bond donors (Lipinski definition) is 0. The Labute approximate surface area is 77.3 Å². The molecule has 0 saturated carbocycles. The zero-order valence-corrected chi connectivity index (χ0v) is 8.02. The van der Waals surface area contributed by atoms with Gasteiger partial charge in [-0.25, -0.2) is 0 Å². The fourth-order valence-corrected chi connectivity index (χ4v) is 1.04. The third-order valence-electron chi connectivity index (χ3n) is 1.77. The van der Waals surface area contributed by atoms with E-state index in [-0.39, 0.29) is 0 Å². The van der Waals surface area contributed by atoms with Crippen molar-refractivity contribution in [1.82, 2.24) is 0 Å². The van der Waals surface area contributed by atoms with Gasteiger partial charge in [-0.3, -0.25) is 4.79 Å². The highest BCUT2D eigenvalue weighted by atomic mass is 16.5. The minimum absolute atomic E-state index is 0.455. The molecule has 74 valence electrons. The molecule has 0 bridgehead atoms. The molecule has 0 aromatic heterocycles. The molecule has 0 radical (unpaired) electrons. The van der Waals surface area contributed by atoms with Crippen molar-refractivity contribution >= 4 is 18.5 Å². The number of carbonyl (C=O) groups excluding carboxylic acids is 3. The van der Waals surface area contributed by atoms with E-state index in [9.17, 15) is 14.4 Å². The van der Waals surface area contributed by atoms with Gasteiger partial charge < -0.3 is 14.3 Å². The second-order valence-corrected chi connectivity index (χ2v) is 3.06. The minimum atomic E-state index is -0.646. The third-order valence-corrected chi connectivity index (χ3v) is 1.77. The van der Waals surface area contributed by atoms with E-state index < -0.39 is 23.9 Å². The van der Waals surface area contributed by atoms with Crippen LogP contribution < -0.4 is 0 Å². The van der Waals surface area contributed by atoms with Gasteiger partial charge in [-0.05, 0) is 0 Å². The van der Waals surface area contributed by atoms with Gasteiger partial charge in [0.1, 0.15) is 18.7 Å². The molecule has 0 heterocycles. The highest BCUT2D eigenvalue weighted by molar-refractivity contribution is 5.68. The van der Waals surface area contributed by atoms with Crippen LogP contribution in [0.15, 0.2) is 0 Å². The Hall–Kier alpha value is -1.19. The lowest BCUT2D eigenvalue weighted by molar-refractivity contribution is -0.153. The minimum Gasteiger partial charge on any atom is -0.461 e. The first-order chi connectivity index (χ1) is 6.02. The van der Waals surface area contributed by atoms with Gasteiger partial charge in [-0.15, -0.1) is 0 Å². The molecule has 2 atom stereocenters. The van der Waals surface area contributed by atoms with Gasteiger partial charge in [0.15, 0.2) is 0 Å². The predicted molar refractivity (Wildman–Crippen MR) is 46.0 cm³/mol. The molecule has 0 aromatic carbocycles. The molecule has 0 fully saturated rings. The van der Waals surface area contributed by atoms with E-state index in [1.165, 1.54) is 6.92 Å². The fourth-order valence-electron chi connectivity index (χ4n) is 1.04.